The highest BCUT2D eigenvalue weighted by molar-refractivity contribution is 7.26. The van der Waals surface area contributed by atoms with E-state index in [4.69, 9.17) is 4.99 Å². The summed E-state index contributed by atoms with van der Waals surface area (Å²) in [6.45, 7) is 7.98. The number of aromatic nitrogens is 2. The number of nitriles is 1. The standard InChI is InChI=1S/C42H28N4S/c1-3-5-11-30-27-45(23-22-44-41(4-2)46-38-16-8-6-12-32(38)36-24-28(26-43)18-20-39(36)46)37-21-19-29(25-35(30)37)31-14-10-15-34-33-13-7-9-17-40(33)47-42(31)34/h3-25,27H,1-2H2/b11-5-,23-22+,44-41?. The summed E-state index contributed by atoms with van der Waals surface area (Å²) in [7, 11) is 0. The molecule has 0 saturated carbocycles. The van der Waals surface area contributed by atoms with Gasteiger partial charge in [0.1, 0.15) is 5.84 Å². The van der Waals surface area contributed by atoms with Gasteiger partial charge in [-0.25, -0.2) is 4.99 Å². The molecule has 0 amide bonds. The Morgan fingerprint density at radius 1 is 0.766 bits per heavy atom. The fraction of sp³-hybridized carbons (Fsp3) is 0. The van der Waals surface area contributed by atoms with E-state index in [-0.39, 0.29) is 0 Å². The third-order valence-corrected chi connectivity index (χ3v) is 9.86. The van der Waals surface area contributed by atoms with Gasteiger partial charge in [-0.2, -0.15) is 5.26 Å². The number of para-hydroxylation sites is 1. The van der Waals surface area contributed by atoms with E-state index >= 15 is 0 Å². The molecule has 0 N–H and O–H groups in total. The maximum atomic E-state index is 9.51. The monoisotopic (exact) mass is 620 g/mol. The molecule has 5 aromatic carbocycles. The Labute approximate surface area is 276 Å². The van der Waals surface area contributed by atoms with Crippen LogP contribution in [0.4, 0.5) is 0 Å². The Morgan fingerprint density at radius 2 is 1.55 bits per heavy atom. The van der Waals surface area contributed by atoms with Crippen molar-refractivity contribution in [2.24, 2.45) is 4.99 Å². The van der Waals surface area contributed by atoms with Crippen molar-refractivity contribution in [1.29, 1.82) is 5.26 Å². The van der Waals surface area contributed by atoms with Crippen molar-refractivity contribution < 1.29 is 0 Å². The van der Waals surface area contributed by atoms with Gasteiger partial charge in [-0.3, -0.25) is 4.57 Å². The molecule has 222 valence electrons. The highest BCUT2D eigenvalue weighted by Gasteiger charge is 2.15. The second kappa shape index (κ2) is 11.6. The van der Waals surface area contributed by atoms with E-state index in [0.717, 1.165) is 38.3 Å². The lowest BCUT2D eigenvalue weighted by Crippen LogP contribution is -2.07. The smallest absolute Gasteiger partial charge is 0.136 e. The summed E-state index contributed by atoms with van der Waals surface area (Å²) >= 11 is 1.85. The molecule has 0 aliphatic carbocycles. The van der Waals surface area contributed by atoms with Crippen LogP contribution in [0.3, 0.4) is 0 Å². The van der Waals surface area contributed by atoms with Gasteiger partial charge < -0.3 is 4.57 Å². The molecule has 8 aromatic rings. The lowest BCUT2D eigenvalue weighted by molar-refractivity contribution is 1.21. The van der Waals surface area contributed by atoms with E-state index in [9.17, 15) is 5.26 Å². The molecule has 0 atom stereocenters. The molecule has 0 aliphatic rings. The van der Waals surface area contributed by atoms with Crippen LogP contribution in [0.25, 0.3) is 76.3 Å². The van der Waals surface area contributed by atoms with Gasteiger partial charge in [-0.05, 0) is 59.7 Å². The summed E-state index contributed by atoms with van der Waals surface area (Å²) in [4.78, 5) is 4.88. The lowest BCUT2D eigenvalue weighted by atomic mass is 10.0. The third-order valence-electron chi connectivity index (χ3n) is 8.64. The van der Waals surface area contributed by atoms with Gasteiger partial charge >= 0.3 is 0 Å². The van der Waals surface area contributed by atoms with Crippen molar-refractivity contribution in [2.45, 2.75) is 0 Å². The zero-order chi connectivity index (χ0) is 31.9. The summed E-state index contributed by atoms with van der Waals surface area (Å²) in [5.41, 5.74) is 7.20. The first-order chi connectivity index (χ1) is 23.2. The minimum Gasteiger partial charge on any atom is -0.321 e. The van der Waals surface area contributed by atoms with Gasteiger partial charge in [0.05, 0.1) is 28.2 Å². The van der Waals surface area contributed by atoms with Crippen LogP contribution in [-0.4, -0.2) is 15.0 Å². The minimum absolute atomic E-state index is 0.627. The quantitative estimate of drug-likeness (QED) is 0.104. The van der Waals surface area contributed by atoms with E-state index in [2.05, 4.69) is 113 Å². The van der Waals surface area contributed by atoms with E-state index in [1.54, 1.807) is 12.2 Å². The van der Waals surface area contributed by atoms with Crippen molar-refractivity contribution in [3.05, 3.63) is 158 Å². The average Bonchev–Trinajstić information content (AvgIpc) is 3.78. The number of thiophene rings is 1. The van der Waals surface area contributed by atoms with Crippen molar-refractivity contribution in [2.75, 3.05) is 0 Å². The van der Waals surface area contributed by atoms with Crippen molar-refractivity contribution in [3.63, 3.8) is 0 Å². The first kappa shape index (κ1) is 28.3. The topological polar surface area (TPSA) is 46.0 Å². The van der Waals surface area contributed by atoms with Crippen LogP contribution in [0.2, 0.25) is 0 Å². The number of hydrogen-bond donors (Lipinski definition) is 0. The molecule has 0 bridgehead atoms. The van der Waals surface area contributed by atoms with Crippen molar-refractivity contribution in [1.82, 2.24) is 9.13 Å². The van der Waals surface area contributed by atoms with E-state index in [0.29, 0.717) is 11.4 Å². The third kappa shape index (κ3) is 4.71. The molecule has 0 aliphatic heterocycles. The molecule has 0 unspecified atom stereocenters. The molecule has 0 fully saturated rings. The van der Waals surface area contributed by atoms with Crippen LogP contribution in [-0.2, 0) is 0 Å². The van der Waals surface area contributed by atoms with Crippen LogP contribution in [0.15, 0.2) is 152 Å². The first-order valence-electron chi connectivity index (χ1n) is 15.3. The fourth-order valence-corrected chi connectivity index (χ4v) is 7.76. The Hall–Kier alpha value is -6.22. The molecule has 47 heavy (non-hydrogen) atoms. The van der Waals surface area contributed by atoms with Crippen molar-refractivity contribution >= 4 is 82.3 Å². The number of rotatable bonds is 6. The van der Waals surface area contributed by atoms with Gasteiger partial charge in [0.15, 0.2) is 0 Å². The van der Waals surface area contributed by atoms with Gasteiger partial charge in [0, 0.05) is 60.5 Å². The molecule has 4 nitrogen and oxygen atoms in total. The molecule has 0 saturated heterocycles. The van der Waals surface area contributed by atoms with Gasteiger partial charge in [-0.1, -0.05) is 92.0 Å². The number of hydrogen-bond acceptors (Lipinski definition) is 3. The zero-order valence-electron chi connectivity index (χ0n) is 25.5. The van der Waals surface area contributed by atoms with Crippen molar-refractivity contribution in [3.8, 4) is 17.2 Å². The molecular formula is C42H28N4S. The summed E-state index contributed by atoms with van der Waals surface area (Å²) in [6, 6.07) is 38.1. The van der Waals surface area contributed by atoms with Crippen LogP contribution < -0.4 is 0 Å². The molecule has 3 heterocycles. The molecule has 0 radical (unpaired) electrons. The SMILES string of the molecule is C=C/C=C\c1cn(/C=C/N=C(C=C)n2c3ccccc3c3cc(C#N)ccc32)c2ccc(-c3cccc4c3sc3ccccc34)cc12. The minimum atomic E-state index is 0.627. The second-order valence-electron chi connectivity index (χ2n) is 11.3. The van der Waals surface area contributed by atoms with E-state index < -0.39 is 0 Å². The maximum absolute atomic E-state index is 9.51. The van der Waals surface area contributed by atoms with Crippen LogP contribution in [0.1, 0.15) is 11.1 Å². The summed E-state index contributed by atoms with van der Waals surface area (Å²) in [6.07, 6.45) is 13.5. The Balaban J connectivity index is 1.23. The largest absolute Gasteiger partial charge is 0.321 e. The fourth-order valence-electron chi connectivity index (χ4n) is 6.52. The van der Waals surface area contributed by atoms with Crippen LogP contribution >= 0.6 is 11.3 Å². The van der Waals surface area contributed by atoms with E-state index in [1.165, 1.54) is 31.3 Å². The normalized spacial score (nSPS) is 12.4. The maximum Gasteiger partial charge on any atom is 0.136 e. The number of fused-ring (bicyclic) bond motifs is 7. The zero-order valence-corrected chi connectivity index (χ0v) is 26.3. The summed E-state index contributed by atoms with van der Waals surface area (Å²) in [5.74, 6) is 0.694. The predicted molar refractivity (Wildman–Crippen MR) is 202 cm³/mol. The Kier molecular flexibility index (Phi) is 6.98. The molecule has 8 rings (SSSR count). The summed E-state index contributed by atoms with van der Waals surface area (Å²) < 4.78 is 6.80. The number of aliphatic imine (C=N–C) groups is 1. The molecular weight excluding hydrogens is 593 g/mol. The Morgan fingerprint density at radius 3 is 2.40 bits per heavy atom. The first-order valence-corrected chi connectivity index (χ1v) is 16.1. The molecule has 3 aromatic heterocycles. The van der Waals surface area contributed by atoms with Gasteiger partial charge in [0.25, 0.3) is 0 Å². The average molecular weight is 621 g/mol. The molecule has 5 heteroatoms. The number of allylic oxidation sites excluding steroid dienone is 3. The lowest BCUT2D eigenvalue weighted by Gasteiger charge is -2.07. The highest BCUT2D eigenvalue weighted by atomic mass is 32.1. The number of nitrogens with zero attached hydrogens (tertiary/aromatic N) is 4. The number of benzene rings is 5. The highest BCUT2D eigenvalue weighted by Crippen LogP contribution is 2.41. The summed E-state index contributed by atoms with van der Waals surface area (Å²) in [5, 5.41) is 15.3. The Bertz CT molecular complexity index is 2680. The van der Waals surface area contributed by atoms with Gasteiger partial charge in [-0.15, -0.1) is 11.3 Å². The van der Waals surface area contributed by atoms with Crippen LogP contribution in [0.5, 0.6) is 0 Å². The van der Waals surface area contributed by atoms with Gasteiger partial charge in [0.2, 0.25) is 0 Å². The predicted octanol–water partition coefficient (Wildman–Crippen LogP) is 11.4. The van der Waals surface area contributed by atoms with E-state index in [1.807, 2.05) is 60.1 Å². The molecule has 0 spiro atoms. The second-order valence-corrected chi connectivity index (χ2v) is 12.3. The van der Waals surface area contributed by atoms with Crippen LogP contribution in [0, 0.1) is 11.3 Å².